The highest BCUT2D eigenvalue weighted by molar-refractivity contribution is 7.99. The number of methoxy groups -OCH3 is 2. The van der Waals surface area contributed by atoms with Gasteiger partial charge in [-0.3, -0.25) is 0 Å². The number of hydrogen-bond donors (Lipinski definition) is 1. The van der Waals surface area contributed by atoms with E-state index in [0.29, 0.717) is 7.48 Å². The molecule has 0 spiro atoms. The number of rotatable bonds is 8. The summed E-state index contributed by atoms with van der Waals surface area (Å²) >= 11 is 1.56. The molecule has 0 saturated carbocycles. The van der Waals surface area contributed by atoms with Crippen LogP contribution < -0.4 is 14.9 Å². The molecule has 0 heterocycles. The average molecular weight is 311 g/mol. The van der Waals surface area contributed by atoms with E-state index in [1.165, 1.54) is 0 Å². The number of hydrogen-bond acceptors (Lipinski definition) is 5. The topological polar surface area (TPSA) is 39.7 Å². The summed E-state index contributed by atoms with van der Waals surface area (Å²) in [6, 6.07) is 5.99. The molecule has 4 nitrogen and oxygen atoms in total. The van der Waals surface area contributed by atoms with Crippen LogP contribution in [0.2, 0.25) is 0 Å². The molecule has 1 N–H and O–H groups in total. The van der Waals surface area contributed by atoms with E-state index in [-0.39, 0.29) is 5.60 Å². The van der Waals surface area contributed by atoms with Crippen LogP contribution in [0.15, 0.2) is 18.2 Å². The molecule has 0 unspecified atom stereocenters. The van der Waals surface area contributed by atoms with E-state index in [1.54, 1.807) is 26.2 Å². The molecule has 0 fully saturated rings. The van der Waals surface area contributed by atoms with E-state index in [4.69, 9.17) is 14.1 Å². The van der Waals surface area contributed by atoms with E-state index in [2.05, 4.69) is 4.72 Å². The lowest BCUT2D eigenvalue weighted by atomic mass is 9.82. The summed E-state index contributed by atoms with van der Waals surface area (Å²) in [5.74, 6) is 0.827. The molecule has 0 aliphatic heterocycles. The highest BCUT2D eigenvalue weighted by Crippen LogP contribution is 2.28. The standard InChI is InChI=1S/C15H26BNO3S/c1-14(2,19-6)15(3,4)20-16-12-10-11(17-21-7)8-9-13(12)18-5/h8-10,16-17H,1-7H3. The van der Waals surface area contributed by atoms with Gasteiger partial charge in [-0.2, -0.15) is 0 Å². The maximum atomic E-state index is 6.11. The zero-order chi connectivity index (χ0) is 16.1. The number of benzene rings is 1. The molecule has 0 aliphatic carbocycles. The fraction of sp³-hybridized carbons (Fsp3) is 0.600. The van der Waals surface area contributed by atoms with E-state index < -0.39 is 5.60 Å². The fourth-order valence-corrected chi connectivity index (χ4v) is 2.11. The fourth-order valence-electron chi connectivity index (χ4n) is 1.75. The smallest absolute Gasteiger partial charge is 0.313 e. The van der Waals surface area contributed by atoms with Crippen LogP contribution in [0, 0.1) is 0 Å². The minimum absolute atomic E-state index is 0.380. The molecular weight excluding hydrogens is 285 g/mol. The second kappa shape index (κ2) is 7.43. The summed E-state index contributed by atoms with van der Waals surface area (Å²) in [5, 5.41) is 0. The van der Waals surface area contributed by atoms with Gasteiger partial charge in [0.1, 0.15) is 5.75 Å². The molecule has 1 rings (SSSR count). The van der Waals surface area contributed by atoms with Crippen LogP contribution in [-0.4, -0.2) is 39.2 Å². The Hall–Kier alpha value is -0.845. The van der Waals surface area contributed by atoms with Crippen molar-refractivity contribution in [3.05, 3.63) is 18.2 Å². The molecule has 21 heavy (non-hydrogen) atoms. The van der Waals surface area contributed by atoms with Crippen LogP contribution in [0.1, 0.15) is 27.7 Å². The Balaban J connectivity index is 2.89. The molecule has 0 saturated heterocycles. The van der Waals surface area contributed by atoms with Crippen molar-refractivity contribution >= 4 is 30.6 Å². The first-order valence-electron chi connectivity index (χ1n) is 6.92. The van der Waals surface area contributed by atoms with Gasteiger partial charge in [0, 0.05) is 19.1 Å². The van der Waals surface area contributed by atoms with Crippen molar-refractivity contribution in [3.8, 4) is 5.75 Å². The number of anilines is 1. The average Bonchev–Trinajstić information content (AvgIpc) is 2.45. The molecule has 0 aromatic heterocycles. The van der Waals surface area contributed by atoms with Crippen LogP contribution in [-0.2, 0) is 9.39 Å². The molecule has 0 amide bonds. The van der Waals surface area contributed by atoms with Gasteiger partial charge in [-0.05, 0) is 51.4 Å². The molecule has 0 atom stereocenters. The predicted molar refractivity (Wildman–Crippen MR) is 93.2 cm³/mol. The van der Waals surface area contributed by atoms with Crippen molar-refractivity contribution in [2.24, 2.45) is 0 Å². The van der Waals surface area contributed by atoms with Crippen molar-refractivity contribution in [2.45, 2.75) is 38.9 Å². The molecule has 0 bridgehead atoms. The van der Waals surface area contributed by atoms with Gasteiger partial charge in [-0.25, -0.2) is 0 Å². The number of nitrogens with one attached hydrogen (secondary N) is 1. The predicted octanol–water partition coefficient (Wildman–Crippen LogP) is 2.58. The molecule has 1 aromatic rings. The van der Waals surface area contributed by atoms with E-state index in [0.717, 1.165) is 16.9 Å². The lowest BCUT2D eigenvalue weighted by molar-refractivity contribution is -0.114. The Morgan fingerprint density at radius 3 is 2.29 bits per heavy atom. The van der Waals surface area contributed by atoms with Crippen molar-refractivity contribution < 1.29 is 14.1 Å². The van der Waals surface area contributed by atoms with Gasteiger partial charge in [0.2, 0.25) is 0 Å². The number of ether oxygens (including phenoxy) is 2. The van der Waals surface area contributed by atoms with Crippen LogP contribution >= 0.6 is 11.9 Å². The normalized spacial score (nSPS) is 12.1. The molecule has 6 heteroatoms. The first kappa shape index (κ1) is 18.2. The van der Waals surface area contributed by atoms with Crippen LogP contribution in [0.5, 0.6) is 5.75 Å². The van der Waals surface area contributed by atoms with E-state index in [1.807, 2.05) is 52.1 Å². The Morgan fingerprint density at radius 1 is 1.10 bits per heavy atom. The van der Waals surface area contributed by atoms with E-state index in [9.17, 15) is 0 Å². The summed E-state index contributed by atoms with van der Waals surface area (Å²) < 4.78 is 20.3. The quantitative estimate of drug-likeness (QED) is 0.590. The van der Waals surface area contributed by atoms with Crippen molar-refractivity contribution in [1.29, 1.82) is 0 Å². The summed E-state index contributed by atoms with van der Waals surface area (Å²) in [6.07, 6.45) is 1.99. The van der Waals surface area contributed by atoms with Gasteiger partial charge in [0.25, 0.3) is 0 Å². The Labute approximate surface area is 133 Å². The third-order valence-electron chi connectivity index (χ3n) is 4.05. The lowest BCUT2D eigenvalue weighted by Gasteiger charge is -2.40. The molecular formula is C15H26BNO3S. The zero-order valence-corrected chi connectivity index (χ0v) is 14.9. The summed E-state index contributed by atoms with van der Waals surface area (Å²) in [4.78, 5) is 0. The molecule has 118 valence electrons. The molecule has 0 radical (unpaired) electrons. The summed E-state index contributed by atoms with van der Waals surface area (Å²) in [7, 11) is 3.84. The minimum atomic E-state index is -0.421. The van der Waals surface area contributed by atoms with Gasteiger partial charge >= 0.3 is 7.48 Å². The maximum absolute atomic E-state index is 6.11. The zero-order valence-electron chi connectivity index (χ0n) is 14.1. The van der Waals surface area contributed by atoms with Gasteiger partial charge in [0.05, 0.1) is 18.3 Å². The molecule has 1 aromatic carbocycles. The highest BCUT2D eigenvalue weighted by atomic mass is 32.2. The van der Waals surface area contributed by atoms with Crippen LogP contribution in [0.25, 0.3) is 0 Å². The third kappa shape index (κ3) is 4.56. The van der Waals surface area contributed by atoms with Crippen molar-refractivity contribution in [2.75, 3.05) is 25.2 Å². The van der Waals surface area contributed by atoms with E-state index >= 15 is 0 Å². The van der Waals surface area contributed by atoms with Crippen LogP contribution in [0.3, 0.4) is 0 Å². The first-order chi connectivity index (χ1) is 9.77. The maximum Gasteiger partial charge on any atom is 0.313 e. The minimum Gasteiger partial charge on any atom is -0.497 e. The van der Waals surface area contributed by atoms with Gasteiger partial charge in [-0.15, -0.1) is 0 Å². The van der Waals surface area contributed by atoms with Gasteiger partial charge < -0.3 is 18.9 Å². The van der Waals surface area contributed by atoms with Crippen molar-refractivity contribution in [1.82, 2.24) is 0 Å². The second-order valence-corrected chi connectivity index (χ2v) is 6.46. The Morgan fingerprint density at radius 2 is 1.76 bits per heavy atom. The molecule has 0 aliphatic rings. The SMILES string of the molecule is COc1ccc(NSC)cc1BOC(C)(C)C(C)(C)OC. The summed E-state index contributed by atoms with van der Waals surface area (Å²) in [6.45, 7) is 8.12. The van der Waals surface area contributed by atoms with Crippen molar-refractivity contribution in [3.63, 3.8) is 0 Å². The monoisotopic (exact) mass is 311 g/mol. The summed E-state index contributed by atoms with van der Waals surface area (Å²) in [5.41, 5.74) is 1.24. The highest BCUT2D eigenvalue weighted by Gasteiger charge is 2.38. The Kier molecular flexibility index (Phi) is 6.44. The van der Waals surface area contributed by atoms with Crippen LogP contribution in [0.4, 0.5) is 5.69 Å². The Bertz CT molecular complexity index is 466. The lowest BCUT2D eigenvalue weighted by Crippen LogP contribution is -2.50. The first-order valence-corrected chi connectivity index (χ1v) is 8.15. The van der Waals surface area contributed by atoms with Gasteiger partial charge in [-0.1, -0.05) is 11.9 Å². The third-order valence-corrected chi connectivity index (χ3v) is 4.49. The largest absolute Gasteiger partial charge is 0.497 e. The van der Waals surface area contributed by atoms with Gasteiger partial charge in [0.15, 0.2) is 0 Å². The second-order valence-electron chi connectivity index (χ2n) is 5.85.